The van der Waals surface area contributed by atoms with Gasteiger partial charge in [-0.3, -0.25) is 9.59 Å². The highest BCUT2D eigenvalue weighted by Gasteiger charge is 2.14. The lowest BCUT2D eigenvalue weighted by atomic mass is 10.1. The molecule has 1 rings (SSSR count). The van der Waals surface area contributed by atoms with Crippen LogP contribution in [0.15, 0.2) is 18.2 Å². The molecule has 2 amide bonds. The van der Waals surface area contributed by atoms with Crippen LogP contribution in [0.4, 0.5) is 5.69 Å². The van der Waals surface area contributed by atoms with Crippen LogP contribution < -0.4 is 10.6 Å². The number of halogens is 1. The van der Waals surface area contributed by atoms with E-state index in [1.807, 2.05) is 13.8 Å². The maximum absolute atomic E-state index is 11.9. The van der Waals surface area contributed by atoms with E-state index in [0.29, 0.717) is 16.3 Å². The molecular formula is C14H20ClN3O2. The van der Waals surface area contributed by atoms with Gasteiger partial charge < -0.3 is 15.5 Å². The van der Waals surface area contributed by atoms with Crippen molar-refractivity contribution in [3.63, 3.8) is 0 Å². The quantitative estimate of drug-likeness (QED) is 0.873. The van der Waals surface area contributed by atoms with E-state index in [1.54, 1.807) is 32.3 Å². The van der Waals surface area contributed by atoms with Crippen LogP contribution in [0, 0.1) is 0 Å². The maximum Gasteiger partial charge on any atom is 0.254 e. The molecule has 0 spiro atoms. The molecule has 0 aliphatic heterocycles. The van der Waals surface area contributed by atoms with Crippen LogP contribution in [0.25, 0.3) is 0 Å². The molecule has 0 aliphatic carbocycles. The smallest absolute Gasteiger partial charge is 0.254 e. The Morgan fingerprint density at radius 1 is 1.30 bits per heavy atom. The lowest BCUT2D eigenvalue weighted by molar-refractivity contribution is -0.115. The molecule has 110 valence electrons. The molecule has 20 heavy (non-hydrogen) atoms. The van der Waals surface area contributed by atoms with Crippen LogP contribution in [0.2, 0.25) is 5.02 Å². The standard InChI is InChI=1S/C14H20ClN3O2/c1-9(2)16-8-13(19)17-10-5-6-12(15)11(7-10)14(20)18(3)4/h5-7,9,16H,8H2,1-4H3,(H,17,19). The number of carbonyl (C=O) groups excluding carboxylic acids is 2. The monoisotopic (exact) mass is 297 g/mol. The average molecular weight is 298 g/mol. The number of hydrogen-bond donors (Lipinski definition) is 2. The van der Waals surface area contributed by atoms with Gasteiger partial charge in [-0.25, -0.2) is 0 Å². The average Bonchev–Trinajstić information content (AvgIpc) is 2.37. The summed E-state index contributed by atoms with van der Waals surface area (Å²) in [5, 5.41) is 6.11. The highest BCUT2D eigenvalue weighted by Crippen LogP contribution is 2.21. The Kier molecular flexibility index (Phi) is 5.98. The molecule has 0 aromatic heterocycles. The minimum Gasteiger partial charge on any atom is -0.345 e. The second-order valence-electron chi connectivity index (χ2n) is 4.98. The minimum absolute atomic E-state index is 0.163. The van der Waals surface area contributed by atoms with Crippen molar-refractivity contribution in [2.24, 2.45) is 0 Å². The highest BCUT2D eigenvalue weighted by molar-refractivity contribution is 6.34. The van der Waals surface area contributed by atoms with Crippen molar-refractivity contribution in [2.45, 2.75) is 19.9 Å². The number of anilines is 1. The number of nitrogens with one attached hydrogen (secondary N) is 2. The van der Waals surface area contributed by atoms with Gasteiger partial charge in [0.2, 0.25) is 5.91 Å². The van der Waals surface area contributed by atoms with Gasteiger partial charge in [0.15, 0.2) is 0 Å². The molecule has 1 aromatic carbocycles. The van der Waals surface area contributed by atoms with E-state index in [-0.39, 0.29) is 24.4 Å². The van der Waals surface area contributed by atoms with Gasteiger partial charge in [0.1, 0.15) is 0 Å². The zero-order chi connectivity index (χ0) is 15.3. The largest absolute Gasteiger partial charge is 0.345 e. The van der Waals surface area contributed by atoms with Gasteiger partial charge in [0, 0.05) is 25.8 Å². The van der Waals surface area contributed by atoms with E-state index < -0.39 is 0 Å². The van der Waals surface area contributed by atoms with E-state index in [0.717, 1.165) is 0 Å². The Morgan fingerprint density at radius 2 is 1.95 bits per heavy atom. The zero-order valence-corrected chi connectivity index (χ0v) is 12.9. The van der Waals surface area contributed by atoms with Crippen molar-refractivity contribution in [3.8, 4) is 0 Å². The van der Waals surface area contributed by atoms with Gasteiger partial charge in [-0.15, -0.1) is 0 Å². The summed E-state index contributed by atoms with van der Waals surface area (Å²) >= 11 is 6.00. The molecule has 0 saturated heterocycles. The molecule has 0 aliphatic rings. The summed E-state index contributed by atoms with van der Waals surface area (Å²) < 4.78 is 0. The van der Waals surface area contributed by atoms with E-state index in [4.69, 9.17) is 11.6 Å². The van der Waals surface area contributed by atoms with Crippen LogP contribution in [0.3, 0.4) is 0 Å². The van der Waals surface area contributed by atoms with Crippen molar-refractivity contribution in [1.29, 1.82) is 0 Å². The summed E-state index contributed by atoms with van der Waals surface area (Å²) in [4.78, 5) is 25.1. The molecule has 6 heteroatoms. The summed E-state index contributed by atoms with van der Waals surface area (Å²) in [6, 6.07) is 5.08. The fraction of sp³-hybridized carbons (Fsp3) is 0.429. The SMILES string of the molecule is CC(C)NCC(=O)Nc1ccc(Cl)c(C(=O)N(C)C)c1. The Hall–Kier alpha value is -1.59. The number of rotatable bonds is 5. The molecule has 0 radical (unpaired) electrons. The van der Waals surface area contributed by atoms with Crippen molar-refractivity contribution >= 4 is 29.1 Å². The van der Waals surface area contributed by atoms with E-state index in [9.17, 15) is 9.59 Å². The highest BCUT2D eigenvalue weighted by atomic mass is 35.5. The lowest BCUT2D eigenvalue weighted by Crippen LogP contribution is -2.32. The first-order valence-electron chi connectivity index (χ1n) is 6.35. The molecule has 0 unspecified atom stereocenters. The summed E-state index contributed by atoms with van der Waals surface area (Å²) in [5.74, 6) is -0.365. The molecule has 0 fully saturated rings. The maximum atomic E-state index is 11.9. The predicted molar refractivity (Wildman–Crippen MR) is 81.2 cm³/mol. The van der Waals surface area contributed by atoms with E-state index in [2.05, 4.69) is 10.6 Å². The zero-order valence-electron chi connectivity index (χ0n) is 12.2. The van der Waals surface area contributed by atoms with Gasteiger partial charge in [-0.05, 0) is 18.2 Å². The summed E-state index contributed by atoms with van der Waals surface area (Å²) in [6.45, 7) is 4.14. The Morgan fingerprint density at radius 3 is 2.50 bits per heavy atom. The van der Waals surface area contributed by atoms with Crippen molar-refractivity contribution in [2.75, 3.05) is 26.0 Å². The Balaban J connectivity index is 2.80. The van der Waals surface area contributed by atoms with Crippen LogP contribution in [-0.2, 0) is 4.79 Å². The molecule has 0 bridgehead atoms. The van der Waals surface area contributed by atoms with Crippen molar-refractivity contribution in [3.05, 3.63) is 28.8 Å². The third-order valence-electron chi connectivity index (χ3n) is 2.56. The number of amides is 2. The Labute approximate surface area is 124 Å². The van der Waals surface area contributed by atoms with Gasteiger partial charge in [-0.1, -0.05) is 25.4 Å². The third kappa shape index (κ3) is 4.83. The molecule has 0 heterocycles. The fourth-order valence-corrected chi connectivity index (χ4v) is 1.71. The number of benzene rings is 1. The van der Waals surface area contributed by atoms with E-state index >= 15 is 0 Å². The molecule has 0 atom stereocenters. The second-order valence-corrected chi connectivity index (χ2v) is 5.39. The number of nitrogens with zero attached hydrogens (tertiary/aromatic N) is 1. The van der Waals surface area contributed by atoms with Gasteiger partial charge in [0.05, 0.1) is 17.1 Å². The lowest BCUT2D eigenvalue weighted by Gasteiger charge is -2.13. The van der Waals surface area contributed by atoms with Crippen LogP contribution in [0.5, 0.6) is 0 Å². The Bertz CT molecular complexity index is 501. The molecule has 2 N–H and O–H groups in total. The van der Waals surface area contributed by atoms with Crippen molar-refractivity contribution < 1.29 is 9.59 Å². The van der Waals surface area contributed by atoms with Crippen molar-refractivity contribution in [1.82, 2.24) is 10.2 Å². The van der Waals surface area contributed by atoms with Crippen LogP contribution >= 0.6 is 11.6 Å². The molecular weight excluding hydrogens is 278 g/mol. The van der Waals surface area contributed by atoms with Gasteiger partial charge in [-0.2, -0.15) is 0 Å². The molecule has 5 nitrogen and oxygen atoms in total. The van der Waals surface area contributed by atoms with Crippen LogP contribution in [-0.4, -0.2) is 43.4 Å². The minimum atomic E-state index is -0.202. The fourth-order valence-electron chi connectivity index (χ4n) is 1.51. The van der Waals surface area contributed by atoms with Crippen LogP contribution in [0.1, 0.15) is 24.2 Å². The van der Waals surface area contributed by atoms with Gasteiger partial charge in [0.25, 0.3) is 5.91 Å². The molecule has 0 saturated carbocycles. The third-order valence-corrected chi connectivity index (χ3v) is 2.89. The summed E-state index contributed by atoms with van der Waals surface area (Å²) in [7, 11) is 3.30. The first kappa shape index (κ1) is 16.5. The first-order valence-corrected chi connectivity index (χ1v) is 6.73. The molecule has 1 aromatic rings. The predicted octanol–water partition coefficient (Wildman–Crippen LogP) is 1.98. The normalized spacial score (nSPS) is 10.5. The first-order chi connectivity index (χ1) is 9.31. The second kappa shape index (κ2) is 7.26. The number of carbonyl (C=O) groups is 2. The van der Waals surface area contributed by atoms with Gasteiger partial charge >= 0.3 is 0 Å². The summed E-state index contributed by atoms with van der Waals surface area (Å²) in [6.07, 6.45) is 0. The summed E-state index contributed by atoms with van der Waals surface area (Å²) in [5.41, 5.74) is 0.918. The number of hydrogen-bond acceptors (Lipinski definition) is 3. The van der Waals surface area contributed by atoms with E-state index in [1.165, 1.54) is 4.90 Å². The topological polar surface area (TPSA) is 61.4 Å².